The quantitative estimate of drug-likeness (QED) is 0.490. The molecule has 0 aliphatic carbocycles. The molecule has 0 bridgehead atoms. The Morgan fingerprint density at radius 2 is 2.50 bits per heavy atom. The summed E-state index contributed by atoms with van der Waals surface area (Å²) in [6.07, 6.45) is 5.89. The van der Waals surface area contributed by atoms with E-state index in [2.05, 4.69) is 0 Å². The minimum atomic E-state index is -0.703. The van der Waals surface area contributed by atoms with Crippen LogP contribution in [0.25, 0.3) is 0 Å². The molecule has 1 aliphatic rings. The van der Waals surface area contributed by atoms with Gasteiger partial charge in [-0.3, -0.25) is 0 Å². The van der Waals surface area contributed by atoms with E-state index < -0.39 is 18.2 Å². The van der Waals surface area contributed by atoms with Crippen LogP contribution in [0.3, 0.4) is 0 Å². The number of carbonyl (C=O) groups is 1. The van der Waals surface area contributed by atoms with E-state index in [9.17, 15) is 9.90 Å². The number of carbonyl (C=O) groups excluding carboxylic acids is 1. The van der Waals surface area contributed by atoms with Crippen LogP contribution in [-0.4, -0.2) is 23.3 Å². The number of aliphatic hydroxyl groups is 1. The third-order valence-electron chi connectivity index (χ3n) is 1.58. The Morgan fingerprint density at radius 3 is 3.17 bits per heavy atom. The topological polar surface area (TPSA) is 46.5 Å². The number of esters is 1. The maximum absolute atomic E-state index is 10.7. The summed E-state index contributed by atoms with van der Waals surface area (Å²) in [4.78, 5) is 10.7. The van der Waals surface area contributed by atoms with Gasteiger partial charge in [0.2, 0.25) is 0 Å². The zero-order valence-corrected chi connectivity index (χ0v) is 6.93. The fourth-order valence-electron chi connectivity index (χ4n) is 0.953. The monoisotopic (exact) mass is 168 g/mol. The predicted molar refractivity (Wildman–Crippen MR) is 44.5 cm³/mol. The maximum Gasteiger partial charge on any atom is 0.331 e. The molecule has 1 rings (SSSR count). The summed E-state index contributed by atoms with van der Waals surface area (Å²) in [5.74, 6) is -0.397. The molecule has 0 aromatic rings. The van der Waals surface area contributed by atoms with Crippen molar-refractivity contribution in [3.05, 3.63) is 24.3 Å². The fraction of sp³-hybridized carbons (Fsp3) is 0.444. The lowest BCUT2D eigenvalue weighted by Gasteiger charge is -2.20. The van der Waals surface area contributed by atoms with Crippen molar-refractivity contribution in [1.29, 1.82) is 0 Å². The Morgan fingerprint density at radius 1 is 1.75 bits per heavy atom. The summed E-state index contributed by atoms with van der Waals surface area (Å²) in [7, 11) is 0. The van der Waals surface area contributed by atoms with Gasteiger partial charge in [0.05, 0.1) is 0 Å². The summed E-state index contributed by atoms with van der Waals surface area (Å²) >= 11 is 0. The zero-order valence-electron chi connectivity index (χ0n) is 6.93. The lowest BCUT2D eigenvalue weighted by molar-refractivity contribution is -0.146. The number of rotatable bonds is 2. The average Bonchev–Trinajstić information content (AvgIpc) is 2.07. The molecule has 0 radical (unpaired) electrons. The number of aliphatic hydroxyl groups excluding tert-OH is 1. The molecule has 1 N–H and O–H groups in total. The third kappa shape index (κ3) is 2.20. The first kappa shape index (κ1) is 9.00. The zero-order chi connectivity index (χ0) is 8.97. The van der Waals surface area contributed by atoms with Crippen LogP contribution in [0.15, 0.2) is 24.3 Å². The molecule has 0 fully saturated rings. The largest absolute Gasteiger partial charge is 0.452 e. The first-order valence-electron chi connectivity index (χ1n) is 3.97. The van der Waals surface area contributed by atoms with Crippen LogP contribution in [-0.2, 0) is 9.53 Å². The van der Waals surface area contributed by atoms with Crippen molar-refractivity contribution in [2.24, 2.45) is 0 Å². The number of cyclic esters (lactones) is 1. The highest BCUT2D eigenvalue weighted by atomic mass is 16.6. The van der Waals surface area contributed by atoms with Crippen molar-refractivity contribution in [3.63, 3.8) is 0 Å². The fourth-order valence-corrected chi connectivity index (χ4v) is 0.953. The second-order valence-electron chi connectivity index (χ2n) is 2.59. The highest BCUT2D eigenvalue weighted by Crippen LogP contribution is 2.09. The van der Waals surface area contributed by atoms with Gasteiger partial charge in [-0.25, -0.2) is 4.79 Å². The summed E-state index contributed by atoms with van der Waals surface area (Å²) in [5, 5.41) is 9.30. The first-order valence-corrected chi connectivity index (χ1v) is 3.97. The van der Waals surface area contributed by atoms with E-state index in [-0.39, 0.29) is 0 Å². The second-order valence-corrected chi connectivity index (χ2v) is 2.59. The summed E-state index contributed by atoms with van der Waals surface area (Å²) < 4.78 is 4.84. The maximum atomic E-state index is 10.7. The molecular weight excluding hydrogens is 156 g/mol. The minimum absolute atomic E-state index is 0.397. The molecule has 1 aliphatic heterocycles. The van der Waals surface area contributed by atoms with E-state index in [0.29, 0.717) is 0 Å². The Kier molecular flexibility index (Phi) is 3.05. The molecule has 1 heterocycles. The SMILES string of the molecule is CC/C=C/C1OC(=O)C=CC1O. The molecular formula is C9H12O3. The van der Waals surface area contributed by atoms with E-state index >= 15 is 0 Å². The molecule has 2 atom stereocenters. The standard InChI is InChI=1S/C9H12O3/c1-2-3-4-8-7(10)5-6-9(11)12-8/h3-8,10H,2H2,1H3/b4-3+. The van der Waals surface area contributed by atoms with E-state index in [1.165, 1.54) is 12.2 Å². The van der Waals surface area contributed by atoms with Gasteiger partial charge in [-0.15, -0.1) is 0 Å². The van der Waals surface area contributed by atoms with Crippen LogP contribution in [0, 0.1) is 0 Å². The molecule has 3 heteroatoms. The number of ether oxygens (including phenoxy) is 1. The van der Waals surface area contributed by atoms with E-state index in [4.69, 9.17) is 4.74 Å². The molecule has 0 amide bonds. The van der Waals surface area contributed by atoms with Gasteiger partial charge in [-0.05, 0) is 18.6 Å². The molecule has 0 spiro atoms. The molecule has 12 heavy (non-hydrogen) atoms. The summed E-state index contributed by atoms with van der Waals surface area (Å²) in [5.41, 5.74) is 0. The Balaban J connectivity index is 2.59. The van der Waals surface area contributed by atoms with Gasteiger partial charge in [-0.2, -0.15) is 0 Å². The van der Waals surface area contributed by atoms with Crippen LogP contribution < -0.4 is 0 Å². The van der Waals surface area contributed by atoms with Crippen LogP contribution >= 0.6 is 0 Å². The van der Waals surface area contributed by atoms with Crippen molar-refractivity contribution < 1.29 is 14.6 Å². The smallest absolute Gasteiger partial charge is 0.331 e. The Bertz CT molecular complexity index is 218. The number of hydrogen-bond donors (Lipinski definition) is 1. The highest BCUT2D eigenvalue weighted by Gasteiger charge is 2.21. The molecule has 0 saturated carbocycles. The Labute approximate surface area is 71.3 Å². The van der Waals surface area contributed by atoms with Gasteiger partial charge in [0, 0.05) is 6.08 Å². The average molecular weight is 168 g/mol. The van der Waals surface area contributed by atoms with Gasteiger partial charge < -0.3 is 9.84 Å². The van der Waals surface area contributed by atoms with Gasteiger partial charge in [0.1, 0.15) is 12.2 Å². The number of allylic oxidation sites excluding steroid dienone is 1. The molecule has 66 valence electrons. The normalized spacial score (nSPS) is 29.3. The van der Waals surface area contributed by atoms with Crippen molar-refractivity contribution in [1.82, 2.24) is 0 Å². The lowest BCUT2D eigenvalue weighted by Crippen LogP contribution is -2.31. The van der Waals surface area contributed by atoms with E-state index in [0.717, 1.165) is 6.42 Å². The number of hydrogen-bond acceptors (Lipinski definition) is 3. The van der Waals surface area contributed by atoms with Crippen LogP contribution in [0.5, 0.6) is 0 Å². The first-order chi connectivity index (χ1) is 5.74. The van der Waals surface area contributed by atoms with Crippen molar-refractivity contribution in [2.75, 3.05) is 0 Å². The summed E-state index contributed by atoms with van der Waals surface area (Å²) in [6, 6.07) is 0. The molecule has 3 nitrogen and oxygen atoms in total. The van der Waals surface area contributed by atoms with Gasteiger partial charge >= 0.3 is 5.97 Å². The van der Waals surface area contributed by atoms with E-state index in [1.54, 1.807) is 6.08 Å². The van der Waals surface area contributed by atoms with Crippen molar-refractivity contribution in [2.45, 2.75) is 25.6 Å². The molecule has 2 unspecified atom stereocenters. The predicted octanol–water partition coefficient (Wildman–Crippen LogP) is 0.795. The minimum Gasteiger partial charge on any atom is -0.452 e. The molecule has 0 aromatic carbocycles. The third-order valence-corrected chi connectivity index (χ3v) is 1.58. The molecule has 0 aromatic heterocycles. The highest BCUT2D eigenvalue weighted by molar-refractivity contribution is 5.83. The van der Waals surface area contributed by atoms with Crippen LogP contribution in [0.1, 0.15) is 13.3 Å². The van der Waals surface area contributed by atoms with Crippen molar-refractivity contribution in [3.8, 4) is 0 Å². The second kappa shape index (κ2) is 4.07. The lowest BCUT2D eigenvalue weighted by atomic mass is 10.1. The van der Waals surface area contributed by atoms with Crippen molar-refractivity contribution >= 4 is 5.97 Å². The Hall–Kier alpha value is -1.09. The van der Waals surface area contributed by atoms with E-state index in [1.807, 2.05) is 13.0 Å². The van der Waals surface area contributed by atoms with Gasteiger partial charge in [0.15, 0.2) is 0 Å². The van der Waals surface area contributed by atoms with Gasteiger partial charge in [-0.1, -0.05) is 13.0 Å². The van der Waals surface area contributed by atoms with Gasteiger partial charge in [0.25, 0.3) is 0 Å². The van der Waals surface area contributed by atoms with Crippen LogP contribution in [0.2, 0.25) is 0 Å². The molecule has 0 saturated heterocycles. The van der Waals surface area contributed by atoms with Crippen LogP contribution in [0.4, 0.5) is 0 Å². The summed E-state index contributed by atoms with van der Waals surface area (Å²) in [6.45, 7) is 1.98.